The largest absolute Gasteiger partial charge is 0.376 e. The van der Waals surface area contributed by atoms with Crippen LogP contribution in [0.2, 0.25) is 0 Å². The summed E-state index contributed by atoms with van der Waals surface area (Å²) in [6.45, 7) is 2.01. The topological polar surface area (TPSA) is 41.1 Å². The van der Waals surface area contributed by atoms with Gasteiger partial charge in [0.15, 0.2) is 0 Å². The molecule has 0 bridgehead atoms. The number of nitrogens with one attached hydrogen (secondary N) is 2. The van der Waals surface area contributed by atoms with E-state index in [0.717, 1.165) is 30.5 Å². The van der Waals surface area contributed by atoms with Gasteiger partial charge in [0.2, 0.25) is 5.91 Å². The Hall–Kier alpha value is -2.36. The molecule has 0 saturated heterocycles. The van der Waals surface area contributed by atoms with Gasteiger partial charge in [-0.15, -0.1) is 0 Å². The number of amides is 1. The van der Waals surface area contributed by atoms with Crippen LogP contribution in [0.4, 0.5) is 10.1 Å². The molecule has 3 rings (SSSR count). The van der Waals surface area contributed by atoms with Crippen LogP contribution in [-0.4, -0.2) is 12.5 Å². The standard InChI is InChI=1S/C19H21FN2O/c1-13-11-15(20)9-10-17(13)21-12-19(23)22-18-8-4-6-14-5-2-3-7-16(14)18/h2-3,5,7,9-11,18,21H,4,6,8,12H2,1H3,(H,22,23). The molecule has 4 heteroatoms. The molecular weight excluding hydrogens is 291 g/mol. The van der Waals surface area contributed by atoms with Crippen molar-refractivity contribution in [1.29, 1.82) is 0 Å². The number of carbonyl (C=O) groups is 1. The minimum atomic E-state index is -0.267. The van der Waals surface area contributed by atoms with Crippen LogP contribution in [0.1, 0.15) is 35.6 Å². The van der Waals surface area contributed by atoms with E-state index >= 15 is 0 Å². The van der Waals surface area contributed by atoms with Gasteiger partial charge in [-0.2, -0.15) is 0 Å². The van der Waals surface area contributed by atoms with Crippen LogP contribution < -0.4 is 10.6 Å². The molecule has 2 N–H and O–H groups in total. The lowest BCUT2D eigenvalue weighted by molar-refractivity contribution is -0.120. The zero-order valence-corrected chi connectivity index (χ0v) is 13.2. The lowest BCUT2D eigenvalue weighted by atomic mass is 9.88. The van der Waals surface area contributed by atoms with Crippen molar-refractivity contribution >= 4 is 11.6 Å². The summed E-state index contributed by atoms with van der Waals surface area (Å²) in [6, 6.07) is 12.9. The summed E-state index contributed by atoms with van der Waals surface area (Å²) in [7, 11) is 0. The average Bonchev–Trinajstić information content (AvgIpc) is 2.54. The van der Waals surface area contributed by atoms with E-state index in [1.807, 2.05) is 19.1 Å². The van der Waals surface area contributed by atoms with Gasteiger partial charge < -0.3 is 10.6 Å². The first-order chi connectivity index (χ1) is 11.1. The molecule has 1 unspecified atom stereocenters. The summed E-state index contributed by atoms with van der Waals surface area (Å²) in [4.78, 5) is 12.2. The van der Waals surface area contributed by atoms with Crippen molar-refractivity contribution in [2.45, 2.75) is 32.2 Å². The van der Waals surface area contributed by atoms with Crippen LogP contribution in [0.3, 0.4) is 0 Å². The van der Waals surface area contributed by atoms with E-state index in [1.54, 1.807) is 6.07 Å². The number of aryl methyl sites for hydroxylation is 2. The van der Waals surface area contributed by atoms with Gasteiger partial charge in [-0.3, -0.25) is 4.79 Å². The Morgan fingerprint density at radius 2 is 2.09 bits per heavy atom. The van der Waals surface area contributed by atoms with Gasteiger partial charge in [-0.25, -0.2) is 4.39 Å². The number of anilines is 1. The third-order valence-corrected chi connectivity index (χ3v) is 4.33. The number of hydrogen-bond acceptors (Lipinski definition) is 2. The summed E-state index contributed by atoms with van der Waals surface area (Å²) in [5.41, 5.74) is 4.13. The Morgan fingerprint density at radius 3 is 2.91 bits per heavy atom. The SMILES string of the molecule is Cc1cc(F)ccc1NCC(=O)NC1CCCc2ccccc21. The minimum Gasteiger partial charge on any atom is -0.376 e. The molecule has 1 aliphatic rings. The molecule has 0 spiro atoms. The lowest BCUT2D eigenvalue weighted by Crippen LogP contribution is -2.35. The number of carbonyl (C=O) groups excluding carboxylic acids is 1. The van der Waals surface area contributed by atoms with E-state index in [2.05, 4.69) is 22.8 Å². The summed E-state index contributed by atoms with van der Waals surface area (Å²) in [5, 5.41) is 6.18. The second kappa shape index (κ2) is 6.82. The van der Waals surface area contributed by atoms with E-state index in [-0.39, 0.29) is 24.3 Å². The molecule has 0 radical (unpaired) electrons. The molecule has 120 valence electrons. The van der Waals surface area contributed by atoms with E-state index in [1.165, 1.54) is 23.3 Å². The number of fused-ring (bicyclic) bond motifs is 1. The molecule has 0 heterocycles. The van der Waals surface area contributed by atoms with Crippen LogP contribution in [0, 0.1) is 12.7 Å². The second-order valence-electron chi connectivity index (χ2n) is 6.02. The molecule has 2 aromatic rings. The molecule has 2 aromatic carbocycles. The normalized spacial score (nSPS) is 16.5. The minimum absolute atomic E-state index is 0.0459. The predicted molar refractivity (Wildman–Crippen MR) is 89.9 cm³/mol. The fourth-order valence-electron chi connectivity index (χ4n) is 3.15. The molecule has 0 saturated carbocycles. The van der Waals surface area contributed by atoms with Crippen LogP contribution in [-0.2, 0) is 11.2 Å². The molecule has 1 atom stereocenters. The highest BCUT2D eigenvalue weighted by Gasteiger charge is 2.21. The van der Waals surface area contributed by atoms with Gasteiger partial charge in [0.1, 0.15) is 5.82 Å². The van der Waals surface area contributed by atoms with Crippen LogP contribution >= 0.6 is 0 Å². The summed E-state index contributed by atoms with van der Waals surface area (Å²) < 4.78 is 13.1. The highest BCUT2D eigenvalue weighted by atomic mass is 19.1. The predicted octanol–water partition coefficient (Wildman–Crippen LogP) is 3.74. The molecule has 23 heavy (non-hydrogen) atoms. The summed E-state index contributed by atoms with van der Waals surface area (Å²) in [5.74, 6) is -0.313. The average molecular weight is 312 g/mol. The van der Waals surface area contributed by atoms with Gasteiger partial charge in [-0.05, 0) is 61.1 Å². The smallest absolute Gasteiger partial charge is 0.239 e. The molecule has 0 aliphatic heterocycles. The van der Waals surface area contributed by atoms with Gasteiger partial charge in [0, 0.05) is 5.69 Å². The van der Waals surface area contributed by atoms with Crippen LogP contribution in [0.15, 0.2) is 42.5 Å². The molecular formula is C19H21FN2O. The van der Waals surface area contributed by atoms with Gasteiger partial charge in [-0.1, -0.05) is 24.3 Å². The summed E-state index contributed by atoms with van der Waals surface area (Å²) >= 11 is 0. The first kappa shape index (κ1) is 15.5. The first-order valence-electron chi connectivity index (χ1n) is 8.00. The second-order valence-corrected chi connectivity index (χ2v) is 6.02. The van der Waals surface area contributed by atoms with Crippen LogP contribution in [0.25, 0.3) is 0 Å². The third-order valence-electron chi connectivity index (χ3n) is 4.33. The Labute approximate surface area is 135 Å². The van der Waals surface area contributed by atoms with E-state index in [0.29, 0.717) is 0 Å². The number of rotatable bonds is 4. The lowest BCUT2D eigenvalue weighted by Gasteiger charge is -2.26. The van der Waals surface area contributed by atoms with Crippen molar-refractivity contribution in [3.05, 3.63) is 65.0 Å². The van der Waals surface area contributed by atoms with Crippen molar-refractivity contribution in [2.75, 3.05) is 11.9 Å². The number of benzene rings is 2. The Bertz CT molecular complexity index is 714. The van der Waals surface area contributed by atoms with E-state index < -0.39 is 0 Å². The van der Waals surface area contributed by atoms with Crippen molar-refractivity contribution in [3.8, 4) is 0 Å². The fourth-order valence-corrected chi connectivity index (χ4v) is 3.15. The van der Waals surface area contributed by atoms with Crippen molar-refractivity contribution in [2.24, 2.45) is 0 Å². The Kier molecular flexibility index (Phi) is 4.60. The van der Waals surface area contributed by atoms with Gasteiger partial charge >= 0.3 is 0 Å². The van der Waals surface area contributed by atoms with Crippen LogP contribution in [0.5, 0.6) is 0 Å². The maximum absolute atomic E-state index is 13.1. The van der Waals surface area contributed by atoms with E-state index in [9.17, 15) is 9.18 Å². The molecule has 0 aromatic heterocycles. The highest BCUT2D eigenvalue weighted by molar-refractivity contribution is 5.81. The van der Waals surface area contributed by atoms with Gasteiger partial charge in [0.05, 0.1) is 12.6 Å². The Morgan fingerprint density at radius 1 is 1.26 bits per heavy atom. The molecule has 1 aliphatic carbocycles. The number of hydrogen-bond donors (Lipinski definition) is 2. The monoisotopic (exact) mass is 312 g/mol. The molecule has 1 amide bonds. The van der Waals surface area contributed by atoms with Crippen molar-refractivity contribution in [3.63, 3.8) is 0 Å². The molecule has 0 fully saturated rings. The van der Waals surface area contributed by atoms with Crippen molar-refractivity contribution < 1.29 is 9.18 Å². The molecule has 3 nitrogen and oxygen atoms in total. The number of halogens is 1. The fraction of sp³-hybridized carbons (Fsp3) is 0.316. The quantitative estimate of drug-likeness (QED) is 0.903. The maximum Gasteiger partial charge on any atom is 0.239 e. The van der Waals surface area contributed by atoms with Gasteiger partial charge in [0.25, 0.3) is 0 Å². The van der Waals surface area contributed by atoms with Crippen molar-refractivity contribution in [1.82, 2.24) is 5.32 Å². The zero-order valence-electron chi connectivity index (χ0n) is 13.2. The summed E-state index contributed by atoms with van der Waals surface area (Å²) in [6.07, 6.45) is 3.14. The zero-order chi connectivity index (χ0) is 16.2. The first-order valence-corrected chi connectivity index (χ1v) is 8.00. The Balaban J connectivity index is 1.60. The maximum atomic E-state index is 13.1. The third kappa shape index (κ3) is 3.70. The highest BCUT2D eigenvalue weighted by Crippen LogP contribution is 2.29. The van der Waals surface area contributed by atoms with E-state index in [4.69, 9.17) is 0 Å².